The van der Waals surface area contributed by atoms with E-state index in [1.807, 2.05) is 0 Å². The lowest BCUT2D eigenvalue weighted by atomic mass is 10.1. The first-order valence-electron chi connectivity index (χ1n) is 5.24. The molecular formula is C10H18N4O3. The lowest BCUT2D eigenvalue weighted by Crippen LogP contribution is -2.45. The number of anilines is 1. The molecule has 0 saturated carbocycles. The summed E-state index contributed by atoms with van der Waals surface area (Å²) in [7, 11) is 3.42. The Balaban J connectivity index is 3.35. The van der Waals surface area contributed by atoms with Crippen LogP contribution in [0, 0.1) is 17.0 Å². The molecule has 0 amide bonds. The lowest BCUT2D eigenvalue weighted by Gasteiger charge is -2.34. The van der Waals surface area contributed by atoms with Crippen molar-refractivity contribution in [1.29, 1.82) is 0 Å². The van der Waals surface area contributed by atoms with Gasteiger partial charge in [-0.05, 0) is 23.8 Å². The number of nitrogens with zero attached hydrogens (tertiary/aromatic N) is 4. The van der Waals surface area contributed by atoms with Crippen LogP contribution in [-0.2, 0) is 7.05 Å². The highest BCUT2D eigenvalue weighted by atomic mass is 16.6. The SMILES string of the molecule is Cc1nc([N+](=O)[O-])c(N(C)C(C)(C)CO)n1C. The average Bonchev–Trinajstić information content (AvgIpc) is 2.55. The van der Waals surface area contributed by atoms with Crippen molar-refractivity contribution in [2.75, 3.05) is 18.6 Å². The quantitative estimate of drug-likeness (QED) is 0.624. The van der Waals surface area contributed by atoms with Crippen LogP contribution in [0.25, 0.3) is 0 Å². The number of imidazole rings is 1. The fourth-order valence-electron chi connectivity index (χ4n) is 1.47. The van der Waals surface area contributed by atoms with E-state index in [4.69, 9.17) is 0 Å². The number of hydrogen-bond donors (Lipinski definition) is 1. The maximum absolute atomic E-state index is 10.9. The Kier molecular flexibility index (Phi) is 3.42. The van der Waals surface area contributed by atoms with Crippen molar-refractivity contribution in [3.05, 3.63) is 15.9 Å². The van der Waals surface area contributed by atoms with Crippen molar-refractivity contribution >= 4 is 11.6 Å². The van der Waals surface area contributed by atoms with Gasteiger partial charge in [-0.25, -0.2) is 0 Å². The zero-order chi connectivity index (χ0) is 13.4. The molecule has 0 aliphatic carbocycles. The molecule has 0 aliphatic heterocycles. The molecule has 1 rings (SSSR count). The molecule has 1 aromatic heterocycles. The summed E-state index contributed by atoms with van der Waals surface area (Å²) in [5.41, 5.74) is -0.592. The smallest absolute Gasteiger partial charge is 0.394 e. The van der Waals surface area contributed by atoms with Gasteiger partial charge in [0.25, 0.3) is 0 Å². The minimum absolute atomic E-state index is 0.106. The molecule has 0 radical (unpaired) electrons. The van der Waals surface area contributed by atoms with Gasteiger partial charge in [0.1, 0.15) is 0 Å². The van der Waals surface area contributed by atoms with Crippen molar-refractivity contribution in [2.24, 2.45) is 7.05 Å². The third kappa shape index (κ3) is 2.23. The molecule has 0 fully saturated rings. The van der Waals surface area contributed by atoms with Gasteiger partial charge in [0, 0.05) is 21.0 Å². The summed E-state index contributed by atoms with van der Waals surface area (Å²) in [6.45, 7) is 5.21. The van der Waals surface area contributed by atoms with Gasteiger partial charge in [-0.1, -0.05) is 0 Å². The van der Waals surface area contributed by atoms with Crippen LogP contribution in [-0.4, -0.2) is 38.8 Å². The lowest BCUT2D eigenvalue weighted by molar-refractivity contribution is -0.388. The summed E-state index contributed by atoms with van der Waals surface area (Å²) in [6, 6.07) is 0. The van der Waals surface area contributed by atoms with E-state index < -0.39 is 10.5 Å². The van der Waals surface area contributed by atoms with E-state index >= 15 is 0 Å². The Hall–Kier alpha value is -1.63. The zero-order valence-electron chi connectivity index (χ0n) is 10.8. The second kappa shape index (κ2) is 4.33. The molecule has 0 aromatic carbocycles. The summed E-state index contributed by atoms with van der Waals surface area (Å²) in [5, 5.41) is 20.3. The third-order valence-corrected chi connectivity index (χ3v) is 3.06. The first-order valence-corrected chi connectivity index (χ1v) is 5.24. The van der Waals surface area contributed by atoms with Crippen LogP contribution in [0.5, 0.6) is 0 Å². The van der Waals surface area contributed by atoms with E-state index in [0.717, 1.165) is 0 Å². The Morgan fingerprint density at radius 1 is 1.59 bits per heavy atom. The summed E-state index contributed by atoms with van der Waals surface area (Å²) in [4.78, 5) is 16.0. The van der Waals surface area contributed by atoms with Crippen LogP contribution in [0.15, 0.2) is 0 Å². The number of aromatic nitrogens is 2. The fourth-order valence-corrected chi connectivity index (χ4v) is 1.47. The first kappa shape index (κ1) is 13.4. The Bertz CT molecular complexity index is 439. The number of aliphatic hydroxyl groups excluding tert-OH is 1. The van der Waals surface area contributed by atoms with Crippen LogP contribution in [0.2, 0.25) is 0 Å². The third-order valence-electron chi connectivity index (χ3n) is 3.06. The van der Waals surface area contributed by atoms with Crippen LogP contribution < -0.4 is 4.90 Å². The molecule has 0 atom stereocenters. The van der Waals surface area contributed by atoms with Gasteiger partial charge < -0.3 is 20.1 Å². The minimum atomic E-state index is -0.592. The molecule has 0 aliphatic rings. The van der Waals surface area contributed by atoms with Gasteiger partial charge in [0.15, 0.2) is 0 Å². The maximum atomic E-state index is 10.9. The van der Waals surface area contributed by atoms with Crippen LogP contribution >= 0.6 is 0 Å². The van der Waals surface area contributed by atoms with Crippen molar-refractivity contribution in [3.63, 3.8) is 0 Å². The highest BCUT2D eigenvalue weighted by molar-refractivity contribution is 5.57. The molecule has 96 valence electrons. The molecule has 1 aromatic rings. The average molecular weight is 242 g/mol. The van der Waals surface area contributed by atoms with E-state index in [1.54, 1.807) is 44.3 Å². The van der Waals surface area contributed by atoms with E-state index in [-0.39, 0.29) is 12.4 Å². The summed E-state index contributed by atoms with van der Waals surface area (Å²) in [5.74, 6) is 0.771. The number of hydrogen-bond acceptors (Lipinski definition) is 5. The molecule has 1 N–H and O–H groups in total. The minimum Gasteiger partial charge on any atom is -0.394 e. The Labute approximate surface area is 99.8 Å². The summed E-state index contributed by atoms with van der Waals surface area (Å²) < 4.78 is 1.65. The van der Waals surface area contributed by atoms with Gasteiger partial charge in [-0.15, -0.1) is 0 Å². The fraction of sp³-hybridized carbons (Fsp3) is 0.700. The topological polar surface area (TPSA) is 84.4 Å². The van der Waals surface area contributed by atoms with Crippen molar-refractivity contribution in [2.45, 2.75) is 26.3 Å². The van der Waals surface area contributed by atoms with Gasteiger partial charge >= 0.3 is 5.82 Å². The first-order chi connectivity index (χ1) is 7.72. The van der Waals surface area contributed by atoms with Gasteiger partial charge in [-0.3, -0.25) is 4.57 Å². The number of aryl methyl sites for hydroxylation is 1. The van der Waals surface area contributed by atoms with Gasteiger partial charge in [-0.2, -0.15) is 0 Å². The van der Waals surface area contributed by atoms with Crippen molar-refractivity contribution < 1.29 is 10.0 Å². The molecule has 0 bridgehead atoms. The predicted molar refractivity (Wildman–Crippen MR) is 64.2 cm³/mol. The normalized spacial score (nSPS) is 11.6. The van der Waals surface area contributed by atoms with Gasteiger partial charge in [0.05, 0.1) is 12.1 Å². The van der Waals surface area contributed by atoms with Crippen LogP contribution in [0.3, 0.4) is 0 Å². The molecule has 0 spiro atoms. The predicted octanol–water partition coefficient (Wildman–Crippen LogP) is 0.844. The van der Waals surface area contributed by atoms with E-state index in [1.165, 1.54) is 0 Å². The molecule has 17 heavy (non-hydrogen) atoms. The highest BCUT2D eigenvalue weighted by Crippen LogP contribution is 2.31. The zero-order valence-corrected chi connectivity index (χ0v) is 10.8. The van der Waals surface area contributed by atoms with Crippen molar-refractivity contribution in [1.82, 2.24) is 9.55 Å². The van der Waals surface area contributed by atoms with Crippen molar-refractivity contribution in [3.8, 4) is 0 Å². The highest BCUT2D eigenvalue weighted by Gasteiger charge is 2.33. The number of aliphatic hydroxyl groups is 1. The molecule has 7 nitrogen and oxygen atoms in total. The monoisotopic (exact) mass is 242 g/mol. The summed E-state index contributed by atoms with van der Waals surface area (Å²) >= 11 is 0. The second-order valence-electron chi connectivity index (χ2n) is 4.65. The Morgan fingerprint density at radius 2 is 2.12 bits per heavy atom. The van der Waals surface area contributed by atoms with E-state index in [9.17, 15) is 15.2 Å². The van der Waals surface area contributed by atoms with Crippen LogP contribution in [0.1, 0.15) is 19.7 Å². The number of rotatable bonds is 4. The van der Waals surface area contributed by atoms with Gasteiger partial charge in [0.2, 0.25) is 11.6 Å². The standard InChI is InChI=1S/C10H18N4O3/c1-7-11-8(14(16)17)9(12(7)4)13(5)10(2,3)6-15/h15H,6H2,1-5H3. The Morgan fingerprint density at radius 3 is 2.53 bits per heavy atom. The van der Waals surface area contributed by atoms with Crippen LogP contribution in [0.4, 0.5) is 11.6 Å². The molecule has 0 saturated heterocycles. The maximum Gasteiger partial charge on any atom is 0.406 e. The van der Waals surface area contributed by atoms with E-state index in [2.05, 4.69) is 4.98 Å². The van der Waals surface area contributed by atoms with E-state index in [0.29, 0.717) is 11.6 Å². The number of nitro groups is 1. The second-order valence-corrected chi connectivity index (χ2v) is 4.65. The number of likely N-dealkylation sites (N-methyl/N-ethyl adjacent to an activating group) is 1. The largest absolute Gasteiger partial charge is 0.406 e. The molecule has 1 heterocycles. The summed E-state index contributed by atoms with van der Waals surface area (Å²) in [6.07, 6.45) is 0. The molecule has 7 heteroatoms. The molecular weight excluding hydrogens is 224 g/mol. The molecule has 0 unspecified atom stereocenters.